The molecule has 1 aromatic heterocycles. The largest absolute Gasteiger partial charge is 0.381 e. The van der Waals surface area contributed by atoms with E-state index in [0.29, 0.717) is 25.6 Å². The molecule has 0 saturated carbocycles. The Morgan fingerprint density at radius 2 is 2.00 bits per heavy atom. The van der Waals surface area contributed by atoms with Gasteiger partial charge in [-0.05, 0) is 57.2 Å². The van der Waals surface area contributed by atoms with Crippen molar-refractivity contribution in [2.45, 2.75) is 45.2 Å². The fourth-order valence-corrected chi connectivity index (χ4v) is 5.25. The predicted molar refractivity (Wildman–Crippen MR) is 122 cm³/mol. The maximum Gasteiger partial charge on any atom is 0.228 e. The lowest BCUT2D eigenvalue weighted by atomic mass is 9.84. The van der Waals surface area contributed by atoms with Gasteiger partial charge in [0.05, 0.1) is 18.2 Å². The number of nitrogens with zero attached hydrogens (tertiary/aromatic N) is 4. The first kappa shape index (κ1) is 22.9. The number of aryl methyl sites for hydroxylation is 2. The second-order valence-corrected chi connectivity index (χ2v) is 9.41. The third-order valence-corrected chi connectivity index (χ3v) is 7.16. The second kappa shape index (κ2) is 10.1. The van der Waals surface area contributed by atoms with E-state index in [2.05, 4.69) is 23.2 Å². The Kier molecular flexibility index (Phi) is 7.26. The van der Waals surface area contributed by atoms with Crippen LogP contribution >= 0.6 is 0 Å². The van der Waals surface area contributed by atoms with E-state index in [1.165, 1.54) is 5.56 Å². The molecule has 0 radical (unpaired) electrons. The Bertz CT molecular complexity index is 916. The van der Waals surface area contributed by atoms with Gasteiger partial charge >= 0.3 is 0 Å². The number of likely N-dealkylation sites (tertiary alicyclic amines) is 1. The Hall–Kier alpha value is -2.25. The summed E-state index contributed by atoms with van der Waals surface area (Å²) in [5, 5.41) is 4.48. The molecule has 2 fully saturated rings. The molecule has 2 aliphatic rings. The molecular weight excluding hydrogens is 407 g/mol. The molecule has 4 rings (SSSR count). The monoisotopic (exact) mass is 442 g/mol. The van der Waals surface area contributed by atoms with E-state index < -0.39 is 0 Å². The molecule has 7 heteroatoms. The van der Waals surface area contributed by atoms with E-state index >= 15 is 0 Å². The molecule has 32 heavy (non-hydrogen) atoms. The summed E-state index contributed by atoms with van der Waals surface area (Å²) in [6, 6.07) is 7.28. The zero-order valence-corrected chi connectivity index (χ0v) is 19.5. The minimum absolute atomic E-state index is 0.0250. The lowest BCUT2D eigenvalue weighted by molar-refractivity contribution is -0.137. The van der Waals surface area contributed by atoms with Crippen molar-refractivity contribution in [1.82, 2.24) is 19.6 Å². The molecule has 6 nitrogen and oxygen atoms in total. The highest BCUT2D eigenvalue weighted by molar-refractivity contribution is 5.79. The molecule has 0 N–H and O–H groups in total. The average Bonchev–Trinajstić information content (AvgIpc) is 3.42. The third kappa shape index (κ3) is 5.21. The SMILES string of the molecule is Cc1nn(C)cc1CN(C)C(Cc1ccccc1F)C1CCN(C(=O)C2CCOC2)CC1. The Morgan fingerprint density at radius 3 is 2.62 bits per heavy atom. The highest BCUT2D eigenvalue weighted by atomic mass is 19.1. The molecule has 2 aliphatic heterocycles. The van der Waals surface area contributed by atoms with E-state index in [4.69, 9.17) is 4.74 Å². The summed E-state index contributed by atoms with van der Waals surface area (Å²) >= 11 is 0. The van der Waals surface area contributed by atoms with Crippen LogP contribution in [0.15, 0.2) is 30.5 Å². The minimum atomic E-state index is -0.141. The Morgan fingerprint density at radius 1 is 1.25 bits per heavy atom. The number of hydrogen-bond acceptors (Lipinski definition) is 4. The van der Waals surface area contributed by atoms with E-state index in [1.54, 1.807) is 12.1 Å². The number of rotatable bonds is 7. The van der Waals surface area contributed by atoms with Crippen LogP contribution in [0.3, 0.4) is 0 Å². The number of amides is 1. The normalized spacial score (nSPS) is 20.8. The fraction of sp³-hybridized carbons (Fsp3) is 0.600. The van der Waals surface area contributed by atoms with Gasteiger partial charge in [0.1, 0.15) is 5.82 Å². The molecule has 3 heterocycles. The maximum atomic E-state index is 14.5. The van der Waals surface area contributed by atoms with Crippen LogP contribution in [0, 0.1) is 24.6 Å². The zero-order valence-electron chi connectivity index (χ0n) is 19.5. The minimum Gasteiger partial charge on any atom is -0.381 e. The fourth-order valence-electron chi connectivity index (χ4n) is 5.25. The maximum absolute atomic E-state index is 14.5. The van der Waals surface area contributed by atoms with Crippen LogP contribution in [-0.2, 0) is 29.5 Å². The van der Waals surface area contributed by atoms with Gasteiger partial charge in [-0.2, -0.15) is 5.10 Å². The molecule has 0 bridgehead atoms. The molecule has 1 aromatic carbocycles. The first-order valence-electron chi connectivity index (χ1n) is 11.7. The van der Waals surface area contributed by atoms with Gasteiger partial charge in [-0.15, -0.1) is 0 Å². The van der Waals surface area contributed by atoms with Crippen LogP contribution in [0.2, 0.25) is 0 Å². The molecule has 2 atom stereocenters. The highest BCUT2D eigenvalue weighted by Crippen LogP contribution is 2.29. The number of aromatic nitrogens is 2. The van der Waals surface area contributed by atoms with Gasteiger partial charge in [0.15, 0.2) is 0 Å². The molecule has 2 saturated heterocycles. The third-order valence-electron chi connectivity index (χ3n) is 7.16. The molecule has 1 amide bonds. The van der Waals surface area contributed by atoms with Crippen LogP contribution in [0.25, 0.3) is 0 Å². The molecule has 174 valence electrons. The number of likely N-dealkylation sites (N-methyl/N-ethyl adjacent to an activating group) is 1. The predicted octanol–water partition coefficient (Wildman–Crippen LogP) is 3.19. The van der Waals surface area contributed by atoms with Gasteiger partial charge in [0, 0.05) is 51.1 Å². The van der Waals surface area contributed by atoms with Crippen molar-refractivity contribution in [1.29, 1.82) is 0 Å². The number of piperidine rings is 1. The van der Waals surface area contributed by atoms with E-state index in [-0.39, 0.29) is 23.7 Å². The summed E-state index contributed by atoms with van der Waals surface area (Å²) in [7, 11) is 4.07. The summed E-state index contributed by atoms with van der Waals surface area (Å²) < 4.78 is 21.8. The van der Waals surface area contributed by atoms with Crippen molar-refractivity contribution in [2.24, 2.45) is 18.9 Å². The summed E-state index contributed by atoms with van der Waals surface area (Å²) in [5.41, 5.74) is 2.99. The Balaban J connectivity index is 1.47. The van der Waals surface area contributed by atoms with Crippen molar-refractivity contribution >= 4 is 5.91 Å². The van der Waals surface area contributed by atoms with Crippen LogP contribution in [0.4, 0.5) is 4.39 Å². The highest BCUT2D eigenvalue weighted by Gasteiger charge is 2.34. The van der Waals surface area contributed by atoms with Crippen molar-refractivity contribution in [3.05, 3.63) is 53.1 Å². The van der Waals surface area contributed by atoms with E-state index in [1.807, 2.05) is 35.7 Å². The van der Waals surface area contributed by atoms with Crippen LogP contribution in [0.1, 0.15) is 36.1 Å². The van der Waals surface area contributed by atoms with Crippen molar-refractivity contribution in [2.75, 3.05) is 33.4 Å². The van der Waals surface area contributed by atoms with Gasteiger partial charge < -0.3 is 9.64 Å². The Labute approximate surface area is 190 Å². The average molecular weight is 443 g/mol. The van der Waals surface area contributed by atoms with Crippen molar-refractivity contribution in [3.63, 3.8) is 0 Å². The van der Waals surface area contributed by atoms with Crippen LogP contribution in [-0.4, -0.2) is 64.9 Å². The summed E-state index contributed by atoms with van der Waals surface area (Å²) in [6.45, 7) is 5.60. The number of ether oxygens (including phenoxy) is 1. The lowest BCUT2D eigenvalue weighted by Gasteiger charge is -2.40. The lowest BCUT2D eigenvalue weighted by Crippen LogP contribution is -2.48. The van der Waals surface area contributed by atoms with E-state index in [0.717, 1.165) is 50.2 Å². The zero-order chi connectivity index (χ0) is 22.7. The second-order valence-electron chi connectivity index (χ2n) is 9.41. The summed E-state index contributed by atoms with van der Waals surface area (Å²) in [5.74, 6) is 0.528. The van der Waals surface area contributed by atoms with Crippen LogP contribution < -0.4 is 0 Å². The van der Waals surface area contributed by atoms with Gasteiger partial charge in [-0.3, -0.25) is 14.4 Å². The quantitative estimate of drug-likeness (QED) is 0.661. The van der Waals surface area contributed by atoms with Gasteiger partial charge in [-0.1, -0.05) is 18.2 Å². The molecule has 2 aromatic rings. The molecule has 0 spiro atoms. The van der Waals surface area contributed by atoms with E-state index in [9.17, 15) is 9.18 Å². The smallest absolute Gasteiger partial charge is 0.228 e. The number of benzene rings is 1. The van der Waals surface area contributed by atoms with Crippen molar-refractivity contribution < 1.29 is 13.9 Å². The topological polar surface area (TPSA) is 50.6 Å². The number of halogens is 1. The summed E-state index contributed by atoms with van der Waals surface area (Å²) in [4.78, 5) is 17.2. The first-order valence-corrected chi connectivity index (χ1v) is 11.7. The number of carbonyl (C=O) groups is 1. The first-order chi connectivity index (χ1) is 15.4. The number of hydrogen-bond donors (Lipinski definition) is 0. The standard InChI is InChI=1S/C25H35FN4O2/c1-18-22(16-29(3)27-18)15-28(2)24(14-20-6-4-5-7-23(20)26)19-8-11-30(12-9-19)25(31)21-10-13-32-17-21/h4-7,16,19,21,24H,8-15,17H2,1-3H3. The molecule has 0 aliphatic carbocycles. The van der Waals surface area contributed by atoms with Crippen LogP contribution in [0.5, 0.6) is 0 Å². The van der Waals surface area contributed by atoms with Gasteiger partial charge in [0.25, 0.3) is 0 Å². The van der Waals surface area contributed by atoms with Gasteiger partial charge in [-0.25, -0.2) is 4.39 Å². The van der Waals surface area contributed by atoms with Crippen molar-refractivity contribution in [3.8, 4) is 0 Å². The summed E-state index contributed by atoms with van der Waals surface area (Å²) in [6.07, 6.45) is 5.44. The number of carbonyl (C=O) groups excluding carboxylic acids is 1. The molecule has 2 unspecified atom stereocenters. The molecular formula is C25H35FN4O2. The van der Waals surface area contributed by atoms with Gasteiger partial charge in [0.2, 0.25) is 5.91 Å².